The number of esters is 1. The van der Waals surface area contributed by atoms with Crippen LogP contribution in [0.2, 0.25) is 0 Å². The Labute approximate surface area is 165 Å². The first-order chi connectivity index (χ1) is 13.4. The van der Waals surface area contributed by atoms with Crippen molar-refractivity contribution in [1.82, 2.24) is 0 Å². The van der Waals surface area contributed by atoms with Gasteiger partial charge in [-0.15, -0.1) is 0 Å². The van der Waals surface area contributed by atoms with E-state index in [1.807, 2.05) is 45.9 Å². The molecule has 2 aromatic rings. The van der Waals surface area contributed by atoms with Gasteiger partial charge < -0.3 is 19.5 Å². The molecule has 0 saturated carbocycles. The number of anilines is 1. The maximum Gasteiger partial charge on any atom is 0.338 e. The van der Waals surface area contributed by atoms with Crippen LogP contribution in [-0.4, -0.2) is 31.7 Å². The predicted molar refractivity (Wildman–Crippen MR) is 108 cm³/mol. The van der Waals surface area contributed by atoms with E-state index in [2.05, 4.69) is 5.32 Å². The first-order valence-corrected chi connectivity index (χ1v) is 9.37. The van der Waals surface area contributed by atoms with Gasteiger partial charge in [0.05, 0.1) is 18.8 Å². The van der Waals surface area contributed by atoms with Crippen molar-refractivity contribution in [3.05, 3.63) is 53.1 Å². The lowest BCUT2D eigenvalue weighted by atomic mass is 10.1. The molecule has 1 amide bonds. The Morgan fingerprint density at radius 1 is 0.929 bits per heavy atom. The number of nitrogens with one attached hydrogen (secondary N) is 1. The van der Waals surface area contributed by atoms with E-state index in [0.29, 0.717) is 36.0 Å². The second-order valence-electron chi connectivity index (χ2n) is 6.44. The number of hydrogen-bond acceptors (Lipinski definition) is 5. The Hall–Kier alpha value is -3.02. The summed E-state index contributed by atoms with van der Waals surface area (Å²) in [4.78, 5) is 24.4. The molecular formula is C22H27NO5. The van der Waals surface area contributed by atoms with Crippen molar-refractivity contribution in [2.24, 2.45) is 0 Å². The van der Waals surface area contributed by atoms with E-state index in [0.717, 1.165) is 17.5 Å². The van der Waals surface area contributed by atoms with Gasteiger partial charge in [0, 0.05) is 5.69 Å². The summed E-state index contributed by atoms with van der Waals surface area (Å²) in [5, 5.41) is 2.73. The number of hydrogen-bond donors (Lipinski definition) is 1. The molecule has 6 nitrogen and oxygen atoms in total. The molecule has 2 aromatic carbocycles. The first-order valence-electron chi connectivity index (χ1n) is 9.37. The van der Waals surface area contributed by atoms with E-state index in [4.69, 9.17) is 14.2 Å². The second-order valence-corrected chi connectivity index (χ2v) is 6.44. The Bertz CT molecular complexity index is 811. The third kappa shape index (κ3) is 6.30. The number of benzene rings is 2. The zero-order valence-corrected chi connectivity index (χ0v) is 16.8. The highest BCUT2D eigenvalue weighted by Gasteiger charge is 2.14. The van der Waals surface area contributed by atoms with Crippen LogP contribution < -0.4 is 14.8 Å². The smallest absolute Gasteiger partial charge is 0.338 e. The van der Waals surface area contributed by atoms with Gasteiger partial charge in [-0.3, -0.25) is 4.79 Å². The van der Waals surface area contributed by atoms with Crippen LogP contribution in [0.1, 0.15) is 41.8 Å². The maximum atomic E-state index is 12.3. The standard InChI is InChI=1S/C22H27NO5/c1-5-9-27-19-8-7-17(13-20(19)26-6-2)22(25)28-14-21(24)23-18-11-15(3)10-16(4)12-18/h7-8,10-13H,5-6,9,14H2,1-4H3,(H,23,24). The van der Waals surface area contributed by atoms with E-state index in [1.165, 1.54) is 0 Å². The lowest BCUT2D eigenvalue weighted by molar-refractivity contribution is -0.119. The molecule has 0 aliphatic heterocycles. The van der Waals surface area contributed by atoms with E-state index < -0.39 is 11.9 Å². The Morgan fingerprint density at radius 3 is 2.29 bits per heavy atom. The van der Waals surface area contributed by atoms with Gasteiger partial charge in [0.2, 0.25) is 0 Å². The molecule has 0 heterocycles. The average molecular weight is 385 g/mol. The van der Waals surface area contributed by atoms with Gasteiger partial charge in [-0.05, 0) is 68.7 Å². The molecule has 0 atom stereocenters. The lowest BCUT2D eigenvalue weighted by Crippen LogP contribution is -2.21. The van der Waals surface area contributed by atoms with Gasteiger partial charge in [-0.2, -0.15) is 0 Å². The minimum absolute atomic E-state index is 0.298. The van der Waals surface area contributed by atoms with Crippen molar-refractivity contribution >= 4 is 17.6 Å². The van der Waals surface area contributed by atoms with Gasteiger partial charge >= 0.3 is 5.97 Å². The molecule has 0 aromatic heterocycles. The van der Waals surface area contributed by atoms with Gasteiger partial charge in [0.25, 0.3) is 5.91 Å². The van der Waals surface area contributed by atoms with Crippen LogP contribution in [0.5, 0.6) is 11.5 Å². The summed E-state index contributed by atoms with van der Waals surface area (Å²) < 4.78 is 16.3. The maximum absolute atomic E-state index is 12.3. The summed E-state index contributed by atoms with van der Waals surface area (Å²) in [6.45, 7) is 8.39. The second kappa shape index (κ2) is 10.3. The van der Waals surface area contributed by atoms with E-state index in [9.17, 15) is 9.59 Å². The third-order valence-corrected chi connectivity index (χ3v) is 3.78. The van der Waals surface area contributed by atoms with Crippen LogP contribution in [0, 0.1) is 13.8 Å². The molecular weight excluding hydrogens is 358 g/mol. The molecule has 150 valence electrons. The SMILES string of the molecule is CCCOc1ccc(C(=O)OCC(=O)Nc2cc(C)cc(C)c2)cc1OCC. The van der Waals surface area contributed by atoms with E-state index in [-0.39, 0.29) is 6.61 Å². The highest BCUT2D eigenvalue weighted by atomic mass is 16.5. The number of ether oxygens (including phenoxy) is 3. The zero-order chi connectivity index (χ0) is 20.5. The van der Waals surface area contributed by atoms with Crippen molar-refractivity contribution in [3.8, 4) is 11.5 Å². The molecule has 28 heavy (non-hydrogen) atoms. The minimum Gasteiger partial charge on any atom is -0.490 e. The van der Waals surface area contributed by atoms with Gasteiger partial charge in [-0.1, -0.05) is 13.0 Å². The Balaban J connectivity index is 1.97. The molecule has 0 radical (unpaired) electrons. The van der Waals surface area contributed by atoms with Crippen LogP contribution in [0.15, 0.2) is 36.4 Å². The fourth-order valence-electron chi connectivity index (χ4n) is 2.69. The third-order valence-electron chi connectivity index (χ3n) is 3.78. The van der Waals surface area contributed by atoms with Gasteiger partial charge in [0.15, 0.2) is 18.1 Å². The molecule has 2 rings (SSSR count). The normalized spacial score (nSPS) is 10.3. The van der Waals surface area contributed by atoms with Crippen LogP contribution in [0.4, 0.5) is 5.69 Å². The summed E-state index contributed by atoms with van der Waals surface area (Å²) in [5.41, 5.74) is 3.06. The topological polar surface area (TPSA) is 73.9 Å². The highest BCUT2D eigenvalue weighted by Crippen LogP contribution is 2.29. The zero-order valence-electron chi connectivity index (χ0n) is 16.8. The summed E-state index contributed by atoms with van der Waals surface area (Å²) in [6, 6.07) is 10.6. The fraction of sp³-hybridized carbons (Fsp3) is 0.364. The predicted octanol–water partition coefficient (Wildman–Crippen LogP) is 4.29. The summed E-state index contributed by atoms with van der Waals surface area (Å²) in [6.07, 6.45) is 0.866. The van der Waals surface area contributed by atoms with Gasteiger partial charge in [-0.25, -0.2) is 4.79 Å². The molecule has 0 spiro atoms. The molecule has 1 N–H and O–H groups in total. The van der Waals surface area contributed by atoms with Crippen molar-refractivity contribution in [2.75, 3.05) is 25.1 Å². The van der Waals surface area contributed by atoms with Crippen LogP contribution in [0.25, 0.3) is 0 Å². The van der Waals surface area contributed by atoms with Crippen molar-refractivity contribution in [2.45, 2.75) is 34.1 Å². The van der Waals surface area contributed by atoms with E-state index >= 15 is 0 Å². The molecule has 6 heteroatoms. The molecule has 0 aliphatic rings. The number of aryl methyl sites for hydroxylation is 2. The minimum atomic E-state index is -0.599. The molecule has 0 aliphatic carbocycles. The molecule has 0 fully saturated rings. The van der Waals surface area contributed by atoms with Crippen LogP contribution >= 0.6 is 0 Å². The lowest BCUT2D eigenvalue weighted by Gasteiger charge is -2.13. The Kier molecular flexibility index (Phi) is 7.87. The Morgan fingerprint density at radius 2 is 1.64 bits per heavy atom. The summed E-state index contributed by atoms with van der Waals surface area (Å²) in [7, 11) is 0. The number of carbonyl (C=O) groups is 2. The largest absolute Gasteiger partial charge is 0.490 e. The summed E-state index contributed by atoms with van der Waals surface area (Å²) in [5.74, 6) is 0.0581. The molecule has 0 unspecified atom stereocenters. The van der Waals surface area contributed by atoms with Crippen molar-refractivity contribution in [3.63, 3.8) is 0 Å². The van der Waals surface area contributed by atoms with Crippen molar-refractivity contribution in [1.29, 1.82) is 0 Å². The van der Waals surface area contributed by atoms with E-state index in [1.54, 1.807) is 18.2 Å². The fourth-order valence-corrected chi connectivity index (χ4v) is 2.69. The van der Waals surface area contributed by atoms with Crippen LogP contribution in [-0.2, 0) is 9.53 Å². The highest BCUT2D eigenvalue weighted by molar-refractivity contribution is 5.95. The van der Waals surface area contributed by atoms with Crippen molar-refractivity contribution < 1.29 is 23.8 Å². The van der Waals surface area contributed by atoms with Crippen LogP contribution in [0.3, 0.4) is 0 Å². The quantitative estimate of drug-likeness (QED) is 0.652. The monoisotopic (exact) mass is 385 g/mol. The summed E-state index contributed by atoms with van der Waals surface area (Å²) >= 11 is 0. The number of rotatable bonds is 9. The van der Waals surface area contributed by atoms with Gasteiger partial charge in [0.1, 0.15) is 0 Å². The average Bonchev–Trinajstić information content (AvgIpc) is 2.64. The molecule has 0 saturated heterocycles. The number of carbonyl (C=O) groups excluding carboxylic acids is 2. The molecule has 0 bridgehead atoms. The number of amides is 1. The first kappa shape index (κ1) is 21.3.